The molecule has 1 aromatic rings. The standard InChI is InChI=1S/C16H18N2O3/c1-3-4-11-21-14-7-5-13(12-15(14)20-2)6-8-16(19)18-10-9-17/h5,7,12H,6,8,10-11H2,1-2H3,(H,18,19). The van der Waals surface area contributed by atoms with Crippen LogP contribution in [0.4, 0.5) is 0 Å². The van der Waals surface area contributed by atoms with Crippen molar-refractivity contribution in [2.24, 2.45) is 0 Å². The molecule has 0 aliphatic rings. The fourth-order valence-electron chi connectivity index (χ4n) is 1.66. The normalized spacial score (nSPS) is 9.00. The van der Waals surface area contributed by atoms with Crippen LogP contribution in [0.15, 0.2) is 18.2 Å². The molecule has 0 saturated carbocycles. The second-order valence-electron chi connectivity index (χ2n) is 4.14. The van der Waals surface area contributed by atoms with Crippen LogP contribution in [0.3, 0.4) is 0 Å². The van der Waals surface area contributed by atoms with Gasteiger partial charge in [-0.05, 0) is 31.0 Å². The lowest BCUT2D eigenvalue weighted by Crippen LogP contribution is -2.23. The molecule has 0 saturated heterocycles. The van der Waals surface area contributed by atoms with Gasteiger partial charge >= 0.3 is 0 Å². The number of benzene rings is 1. The fraction of sp³-hybridized carbons (Fsp3) is 0.375. The number of hydrogen-bond acceptors (Lipinski definition) is 4. The third-order valence-corrected chi connectivity index (χ3v) is 2.71. The number of hydrogen-bond donors (Lipinski definition) is 1. The molecule has 1 amide bonds. The molecule has 0 spiro atoms. The minimum Gasteiger partial charge on any atom is -0.493 e. The predicted octanol–water partition coefficient (Wildman–Crippen LogP) is 1.67. The summed E-state index contributed by atoms with van der Waals surface area (Å²) >= 11 is 0. The number of amides is 1. The van der Waals surface area contributed by atoms with Gasteiger partial charge in [-0.25, -0.2) is 0 Å². The number of nitriles is 1. The van der Waals surface area contributed by atoms with Crippen molar-refractivity contribution in [2.45, 2.75) is 19.8 Å². The maximum atomic E-state index is 11.4. The number of carbonyl (C=O) groups excluding carboxylic acids is 1. The molecular formula is C16H18N2O3. The Bertz CT molecular complexity index is 579. The maximum Gasteiger partial charge on any atom is 0.221 e. The van der Waals surface area contributed by atoms with E-state index in [1.165, 1.54) is 0 Å². The van der Waals surface area contributed by atoms with Crippen molar-refractivity contribution in [3.05, 3.63) is 23.8 Å². The molecule has 0 bridgehead atoms. The maximum absolute atomic E-state index is 11.4. The summed E-state index contributed by atoms with van der Waals surface area (Å²) in [5, 5.41) is 10.9. The van der Waals surface area contributed by atoms with Gasteiger partial charge in [0, 0.05) is 6.42 Å². The van der Waals surface area contributed by atoms with Gasteiger partial charge in [-0.1, -0.05) is 12.0 Å². The van der Waals surface area contributed by atoms with Crippen LogP contribution in [0.2, 0.25) is 0 Å². The van der Waals surface area contributed by atoms with Crippen LogP contribution >= 0.6 is 0 Å². The average molecular weight is 286 g/mol. The highest BCUT2D eigenvalue weighted by atomic mass is 16.5. The van der Waals surface area contributed by atoms with Crippen molar-refractivity contribution in [1.82, 2.24) is 5.32 Å². The lowest BCUT2D eigenvalue weighted by Gasteiger charge is -2.10. The van der Waals surface area contributed by atoms with Gasteiger partial charge in [-0.3, -0.25) is 4.79 Å². The van der Waals surface area contributed by atoms with Crippen LogP contribution in [-0.2, 0) is 11.2 Å². The summed E-state index contributed by atoms with van der Waals surface area (Å²) in [6.45, 7) is 2.09. The molecule has 0 radical (unpaired) electrons. The SMILES string of the molecule is CC#CCOc1ccc(CCC(=O)NCC#N)cc1OC. The monoisotopic (exact) mass is 286 g/mol. The van der Waals surface area contributed by atoms with E-state index in [0.29, 0.717) is 30.9 Å². The lowest BCUT2D eigenvalue weighted by molar-refractivity contribution is -0.120. The molecule has 1 rings (SSSR count). The Morgan fingerprint density at radius 3 is 2.86 bits per heavy atom. The van der Waals surface area contributed by atoms with E-state index < -0.39 is 0 Å². The summed E-state index contributed by atoms with van der Waals surface area (Å²) in [7, 11) is 1.57. The number of rotatable bonds is 7. The van der Waals surface area contributed by atoms with Gasteiger partial charge < -0.3 is 14.8 Å². The van der Waals surface area contributed by atoms with Crippen LogP contribution in [-0.4, -0.2) is 26.2 Å². The lowest BCUT2D eigenvalue weighted by atomic mass is 10.1. The van der Waals surface area contributed by atoms with E-state index in [9.17, 15) is 4.79 Å². The molecule has 1 aromatic carbocycles. The Labute approximate surface area is 124 Å². The van der Waals surface area contributed by atoms with Crippen LogP contribution in [0.25, 0.3) is 0 Å². The molecule has 0 aromatic heterocycles. The number of nitrogens with zero attached hydrogens (tertiary/aromatic N) is 1. The first-order valence-corrected chi connectivity index (χ1v) is 6.54. The van der Waals surface area contributed by atoms with E-state index in [1.54, 1.807) is 20.1 Å². The average Bonchev–Trinajstić information content (AvgIpc) is 2.51. The van der Waals surface area contributed by atoms with Crippen molar-refractivity contribution in [3.8, 4) is 29.4 Å². The highest BCUT2D eigenvalue weighted by Gasteiger charge is 2.07. The van der Waals surface area contributed by atoms with Crippen LogP contribution in [0.1, 0.15) is 18.9 Å². The first kappa shape index (κ1) is 16.4. The zero-order valence-corrected chi connectivity index (χ0v) is 12.2. The highest BCUT2D eigenvalue weighted by Crippen LogP contribution is 2.28. The molecular weight excluding hydrogens is 268 g/mol. The molecule has 0 unspecified atom stereocenters. The van der Waals surface area contributed by atoms with Gasteiger partial charge in [-0.15, -0.1) is 5.92 Å². The van der Waals surface area contributed by atoms with E-state index in [2.05, 4.69) is 17.2 Å². The molecule has 5 heteroatoms. The van der Waals surface area contributed by atoms with Gasteiger partial charge in [0.2, 0.25) is 5.91 Å². The Morgan fingerprint density at radius 1 is 1.38 bits per heavy atom. The highest BCUT2D eigenvalue weighted by molar-refractivity contribution is 5.76. The molecule has 1 N–H and O–H groups in total. The van der Waals surface area contributed by atoms with Gasteiger partial charge in [-0.2, -0.15) is 5.26 Å². The second-order valence-corrected chi connectivity index (χ2v) is 4.14. The van der Waals surface area contributed by atoms with Crippen molar-refractivity contribution >= 4 is 5.91 Å². The second kappa shape index (κ2) is 9.28. The van der Waals surface area contributed by atoms with Crippen molar-refractivity contribution in [1.29, 1.82) is 5.26 Å². The molecule has 5 nitrogen and oxygen atoms in total. The quantitative estimate of drug-likeness (QED) is 0.611. The van der Waals surface area contributed by atoms with Crippen molar-refractivity contribution in [3.63, 3.8) is 0 Å². The van der Waals surface area contributed by atoms with E-state index in [0.717, 1.165) is 5.56 Å². The van der Waals surface area contributed by atoms with Crippen LogP contribution in [0, 0.1) is 23.2 Å². The summed E-state index contributed by atoms with van der Waals surface area (Å²) in [5.41, 5.74) is 0.966. The Balaban J connectivity index is 2.62. The Hall–Kier alpha value is -2.66. The van der Waals surface area contributed by atoms with Gasteiger partial charge in [0.1, 0.15) is 13.2 Å². The molecule has 0 aliphatic carbocycles. The van der Waals surface area contributed by atoms with Crippen LogP contribution < -0.4 is 14.8 Å². The summed E-state index contributed by atoms with van der Waals surface area (Å²) < 4.78 is 10.8. The smallest absolute Gasteiger partial charge is 0.221 e. The van der Waals surface area contributed by atoms with Crippen molar-refractivity contribution in [2.75, 3.05) is 20.3 Å². The van der Waals surface area contributed by atoms with Gasteiger partial charge in [0.05, 0.1) is 13.2 Å². The fourth-order valence-corrected chi connectivity index (χ4v) is 1.66. The third-order valence-electron chi connectivity index (χ3n) is 2.71. The Morgan fingerprint density at radius 2 is 2.19 bits per heavy atom. The molecule has 0 heterocycles. The summed E-state index contributed by atoms with van der Waals surface area (Å²) in [6.07, 6.45) is 0.898. The van der Waals surface area contributed by atoms with Gasteiger partial charge in [0.25, 0.3) is 0 Å². The van der Waals surface area contributed by atoms with E-state index in [-0.39, 0.29) is 12.5 Å². The van der Waals surface area contributed by atoms with Gasteiger partial charge in [0.15, 0.2) is 11.5 Å². The Kier molecular flexibility index (Phi) is 7.24. The molecule has 0 atom stereocenters. The largest absolute Gasteiger partial charge is 0.493 e. The number of carbonyl (C=O) groups is 1. The summed E-state index contributed by atoms with van der Waals surface area (Å²) in [5.74, 6) is 6.66. The topological polar surface area (TPSA) is 71.3 Å². The zero-order chi connectivity index (χ0) is 15.5. The number of methoxy groups -OCH3 is 1. The van der Waals surface area contributed by atoms with Crippen LogP contribution in [0.5, 0.6) is 11.5 Å². The summed E-state index contributed by atoms with van der Waals surface area (Å²) in [4.78, 5) is 11.4. The minimum atomic E-state index is -0.144. The predicted molar refractivity (Wildman–Crippen MR) is 78.9 cm³/mol. The molecule has 21 heavy (non-hydrogen) atoms. The number of aryl methyl sites for hydroxylation is 1. The molecule has 0 aliphatic heterocycles. The van der Waals surface area contributed by atoms with E-state index >= 15 is 0 Å². The molecule has 110 valence electrons. The third kappa shape index (κ3) is 5.88. The number of nitrogens with one attached hydrogen (secondary N) is 1. The summed E-state index contributed by atoms with van der Waals surface area (Å²) in [6, 6.07) is 7.39. The zero-order valence-electron chi connectivity index (χ0n) is 12.2. The van der Waals surface area contributed by atoms with Crippen molar-refractivity contribution < 1.29 is 14.3 Å². The molecule has 0 fully saturated rings. The number of ether oxygens (including phenoxy) is 2. The first-order chi connectivity index (χ1) is 10.2. The van der Waals surface area contributed by atoms with E-state index in [4.69, 9.17) is 14.7 Å². The minimum absolute atomic E-state index is 0.0351. The van der Waals surface area contributed by atoms with E-state index in [1.807, 2.05) is 18.2 Å². The first-order valence-electron chi connectivity index (χ1n) is 6.54.